The third kappa shape index (κ3) is 6.24. The van der Waals surface area contributed by atoms with Crippen molar-refractivity contribution in [3.05, 3.63) is 126 Å². The minimum atomic E-state index is -0.295. The van der Waals surface area contributed by atoms with Crippen molar-refractivity contribution in [2.24, 2.45) is 0 Å². The number of anilines is 2. The van der Waals surface area contributed by atoms with Crippen LogP contribution in [0.2, 0.25) is 0 Å². The molecule has 0 fully saturated rings. The molecular weight excluding hydrogens is 410 g/mol. The van der Waals surface area contributed by atoms with Gasteiger partial charge in [-0.1, -0.05) is 66.7 Å². The number of hydrogen-bond donors (Lipinski definition) is 2. The number of carbonyl (C=O) groups excluding carboxylic acids is 2. The molecule has 4 rings (SSSR count). The molecule has 0 spiro atoms. The summed E-state index contributed by atoms with van der Waals surface area (Å²) in [5, 5.41) is 5.78. The highest BCUT2D eigenvalue weighted by Crippen LogP contribution is 2.19. The van der Waals surface area contributed by atoms with Gasteiger partial charge in [0, 0.05) is 11.9 Å². The van der Waals surface area contributed by atoms with E-state index in [1.165, 1.54) is 0 Å². The van der Waals surface area contributed by atoms with E-state index >= 15 is 0 Å². The zero-order chi connectivity index (χ0) is 22.9. The molecule has 5 nitrogen and oxygen atoms in total. The van der Waals surface area contributed by atoms with Gasteiger partial charge in [-0.15, -0.1) is 0 Å². The fraction of sp³-hybridized carbons (Fsp3) is 0.0357. The number of para-hydroxylation sites is 1. The number of nitrogens with one attached hydrogen (secondary N) is 2. The number of nitrogens with zero attached hydrogens (tertiary/aromatic N) is 1. The lowest BCUT2D eigenvalue weighted by Gasteiger charge is -2.12. The van der Waals surface area contributed by atoms with Crippen LogP contribution in [0.1, 0.15) is 27.2 Å². The monoisotopic (exact) mass is 433 g/mol. The van der Waals surface area contributed by atoms with Crippen molar-refractivity contribution in [3.8, 4) is 0 Å². The van der Waals surface area contributed by atoms with E-state index in [-0.39, 0.29) is 18.2 Å². The smallest absolute Gasteiger partial charge is 0.257 e. The zero-order valence-electron chi connectivity index (χ0n) is 17.9. The van der Waals surface area contributed by atoms with Crippen molar-refractivity contribution in [1.82, 2.24) is 4.98 Å². The first-order valence-electron chi connectivity index (χ1n) is 10.6. The third-order valence-corrected chi connectivity index (χ3v) is 4.93. The predicted octanol–water partition coefficient (Wildman–Crippen LogP) is 5.69. The lowest BCUT2D eigenvalue weighted by atomic mass is 10.1. The van der Waals surface area contributed by atoms with E-state index in [1.54, 1.807) is 30.5 Å². The van der Waals surface area contributed by atoms with Crippen molar-refractivity contribution in [1.29, 1.82) is 0 Å². The summed E-state index contributed by atoms with van der Waals surface area (Å²) in [5.74, 6) is -0.473. The Labute approximate surface area is 192 Å². The second-order valence-corrected chi connectivity index (χ2v) is 7.42. The summed E-state index contributed by atoms with van der Waals surface area (Å²) in [6, 6.07) is 29.7. The van der Waals surface area contributed by atoms with Gasteiger partial charge in [-0.25, -0.2) is 0 Å². The number of aromatic nitrogens is 1. The fourth-order valence-corrected chi connectivity index (χ4v) is 3.34. The number of benzene rings is 3. The van der Waals surface area contributed by atoms with E-state index in [0.717, 1.165) is 16.8 Å². The summed E-state index contributed by atoms with van der Waals surface area (Å²) in [6.45, 7) is 0. The molecule has 0 saturated heterocycles. The highest BCUT2D eigenvalue weighted by Gasteiger charge is 2.14. The van der Waals surface area contributed by atoms with Crippen LogP contribution in [-0.2, 0) is 11.2 Å². The van der Waals surface area contributed by atoms with Crippen LogP contribution >= 0.6 is 0 Å². The summed E-state index contributed by atoms with van der Waals surface area (Å²) >= 11 is 0. The molecule has 0 aliphatic rings. The molecule has 0 aliphatic heterocycles. The molecule has 3 aromatic carbocycles. The minimum Gasteiger partial charge on any atom is -0.325 e. The number of pyridine rings is 1. The maximum atomic E-state index is 13.0. The van der Waals surface area contributed by atoms with Crippen molar-refractivity contribution in [2.45, 2.75) is 6.42 Å². The van der Waals surface area contributed by atoms with E-state index in [1.807, 2.05) is 84.9 Å². The van der Waals surface area contributed by atoms with Crippen molar-refractivity contribution < 1.29 is 9.59 Å². The van der Waals surface area contributed by atoms with E-state index in [0.29, 0.717) is 16.9 Å². The van der Waals surface area contributed by atoms with Crippen LogP contribution in [-0.4, -0.2) is 16.8 Å². The molecule has 5 heteroatoms. The van der Waals surface area contributed by atoms with Gasteiger partial charge in [-0.05, 0) is 53.6 Å². The van der Waals surface area contributed by atoms with E-state index in [9.17, 15) is 9.59 Å². The van der Waals surface area contributed by atoms with E-state index in [4.69, 9.17) is 0 Å². The van der Waals surface area contributed by atoms with E-state index < -0.39 is 0 Å². The molecule has 33 heavy (non-hydrogen) atoms. The Bertz CT molecular complexity index is 1270. The topological polar surface area (TPSA) is 71.1 Å². The summed E-state index contributed by atoms with van der Waals surface area (Å²) < 4.78 is 0. The molecule has 0 unspecified atom stereocenters. The molecule has 162 valence electrons. The third-order valence-electron chi connectivity index (χ3n) is 4.93. The second kappa shape index (κ2) is 10.7. The Kier molecular flexibility index (Phi) is 7.03. The Hall–Kier alpha value is -4.51. The van der Waals surface area contributed by atoms with E-state index in [2.05, 4.69) is 15.6 Å². The average molecular weight is 434 g/mol. The van der Waals surface area contributed by atoms with Crippen LogP contribution in [0, 0.1) is 0 Å². The average Bonchev–Trinajstić information content (AvgIpc) is 2.84. The molecule has 4 aromatic rings. The summed E-state index contributed by atoms with van der Waals surface area (Å²) in [7, 11) is 0. The lowest BCUT2D eigenvalue weighted by molar-refractivity contribution is -0.115. The van der Waals surface area contributed by atoms with Crippen molar-refractivity contribution in [2.75, 3.05) is 10.6 Å². The number of carbonyl (C=O) groups is 2. The Morgan fingerprint density at radius 1 is 0.758 bits per heavy atom. The van der Waals surface area contributed by atoms with Gasteiger partial charge < -0.3 is 10.6 Å². The van der Waals surface area contributed by atoms with Crippen LogP contribution in [0.5, 0.6) is 0 Å². The summed E-state index contributed by atoms with van der Waals surface area (Å²) in [4.78, 5) is 29.7. The number of amides is 2. The highest BCUT2D eigenvalue weighted by molar-refractivity contribution is 6.10. The van der Waals surface area contributed by atoms with Crippen LogP contribution in [0.3, 0.4) is 0 Å². The van der Waals surface area contributed by atoms with Gasteiger partial charge >= 0.3 is 0 Å². The fourth-order valence-electron chi connectivity index (χ4n) is 3.34. The first-order valence-corrected chi connectivity index (χ1v) is 10.6. The standard InChI is InChI=1S/C28H23N3O2/c32-27(20-21-9-2-1-3-10-21)31-26-15-5-4-14-25(26)28(33)30-24-13-8-11-22(19-24)16-17-23-12-6-7-18-29-23/h1-19H,20H2,(H,30,33)(H,31,32)/b17-16+. The Morgan fingerprint density at radius 3 is 2.36 bits per heavy atom. The van der Waals surface area contributed by atoms with Gasteiger partial charge in [0.2, 0.25) is 5.91 Å². The molecule has 0 aliphatic carbocycles. The molecule has 1 aromatic heterocycles. The molecule has 2 amide bonds. The maximum absolute atomic E-state index is 13.0. The predicted molar refractivity (Wildman–Crippen MR) is 133 cm³/mol. The molecule has 0 atom stereocenters. The molecular formula is C28H23N3O2. The van der Waals surface area contributed by atoms with Crippen LogP contribution in [0.15, 0.2) is 103 Å². The van der Waals surface area contributed by atoms with Crippen LogP contribution in [0.4, 0.5) is 11.4 Å². The SMILES string of the molecule is O=C(Cc1ccccc1)Nc1ccccc1C(=O)Nc1cccc(/C=C/c2ccccn2)c1. The molecule has 1 heterocycles. The first-order chi connectivity index (χ1) is 16.2. The molecule has 2 N–H and O–H groups in total. The first kappa shape index (κ1) is 21.7. The van der Waals surface area contributed by atoms with Gasteiger partial charge in [-0.3, -0.25) is 14.6 Å². The second-order valence-electron chi connectivity index (χ2n) is 7.42. The van der Waals surface area contributed by atoms with Crippen molar-refractivity contribution in [3.63, 3.8) is 0 Å². The maximum Gasteiger partial charge on any atom is 0.257 e. The van der Waals surface area contributed by atoms with Gasteiger partial charge in [0.15, 0.2) is 0 Å². The van der Waals surface area contributed by atoms with Gasteiger partial charge in [-0.2, -0.15) is 0 Å². The highest BCUT2D eigenvalue weighted by atomic mass is 16.2. The van der Waals surface area contributed by atoms with Gasteiger partial charge in [0.25, 0.3) is 5.91 Å². The van der Waals surface area contributed by atoms with Crippen molar-refractivity contribution >= 4 is 35.3 Å². The zero-order valence-corrected chi connectivity index (χ0v) is 17.9. The quantitative estimate of drug-likeness (QED) is 0.394. The molecule has 0 saturated carbocycles. The normalized spacial score (nSPS) is 10.7. The number of rotatable bonds is 7. The van der Waals surface area contributed by atoms with Gasteiger partial charge in [0.1, 0.15) is 0 Å². The largest absolute Gasteiger partial charge is 0.325 e. The lowest BCUT2D eigenvalue weighted by Crippen LogP contribution is -2.19. The Balaban J connectivity index is 1.45. The summed E-state index contributed by atoms with van der Waals surface area (Å²) in [6.07, 6.45) is 5.84. The molecule has 0 bridgehead atoms. The van der Waals surface area contributed by atoms with Gasteiger partial charge in [0.05, 0.1) is 23.4 Å². The summed E-state index contributed by atoms with van der Waals surface area (Å²) in [5.41, 5.74) is 4.23. The minimum absolute atomic E-state index is 0.178. The Morgan fingerprint density at radius 2 is 1.55 bits per heavy atom. The number of hydrogen-bond acceptors (Lipinski definition) is 3. The molecule has 0 radical (unpaired) electrons. The van der Waals surface area contributed by atoms with Crippen LogP contribution < -0.4 is 10.6 Å². The van der Waals surface area contributed by atoms with Crippen LogP contribution in [0.25, 0.3) is 12.2 Å².